The van der Waals surface area contributed by atoms with Crippen LogP contribution in [0.2, 0.25) is 0 Å². The van der Waals surface area contributed by atoms with Crippen LogP contribution in [-0.2, 0) is 9.53 Å². The third kappa shape index (κ3) is 4.65. The van der Waals surface area contributed by atoms with Crippen LogP contribution in [0.3, 0.4) is 0 Å². The first-order chi connectivity index (χ1) is 13.1. The normalized spacial score (nSPS) is 11.9. The van der Waals surface area contributed by atoms with Gasteiger partial charge in [0.05, 0.1) is 19.4 Å². The third-order valence-electron chi connectivity index (χ3n) is 3.85. The van der Waals surface area contributed by atoms with E-state index in [-0.39, 0.29) is 25.1 Å². The highest BCUT2D eigenvalue weighted by molar-refractivity contribution is 7.15. The largest absolute Gasteiger partial charge is 0.464 e. The Kier molecular flexibility index (Phi) is 6.44. The topological polar surface area (TPSA) is 80.6 Å². The molecule has 0 aliphatic carbocycles. The summed E-state index contributed by atoms with van der Waals surface area (Å²) in [5, 5.41) is 10.2. The fourth-order valence-electron chi connectivity index (χ4n) is 2.52. The number of furan rings is 1. The van der Waals surface area contributed by atoms with E-state index in [2.05, 4.69) is 10.6 Å². The van der Waals surface area contributed by atoms with Crippen LogP contribution in [0, 0.1) is 0 Å². The molecular formula is C19H20N2O4S2. The minimum atomic E-state index is -0.486. The summed E-state index contributed by atoms with van der Waals surface area (Å²) in [6.07, 6.45) is 1.54. The summed E-state index contributed by atoms with van der Waals surface area (Å²) in [5.74, 6) is -0.156. The predicted octanol–water partition coefficient (Wildman–Crippen LogP) is 4.54. The highest BCUT2D eigenvalue weighted by Crippen LogP contribution is 2.36. The van der Waals surface area contributed by atoms with Crippen LogP contribution in [0.25, 0.3) is 11.3 Å². The van der Waals surface area contributed by atoms with E-state index in [0.717, 1.165) is 4.88 Å². The predicted molar refractivity (Wildman–Crippen MR) is 107 cm³/mol. The molecule has 0 fully saturated rings. The number of carbonyl (C=O) groups is 2. The quantitative estimate of drug-likeness (QED) is 0.539. The molecule has 0 radical (unpaired) electrons. The van der Waals surface area contributed by atoms with E-state index in [9.17, 15) is 9.59 Å². The number of ether oxygens (including phenoxy) is 1. The van der Waals surface area contributed by atoms with Crippen LogP contribution >= 0.6 is 22.7 Å². The van der Waals surface area contributed by atoms with Crippen molar-refractivity contribution >= 4 is 39.6 Å². The lowest BCUT2D eigenvalue weighted by molar-refractivity contribution is -0.115. The SMILES string of the molecule is CCOC(=O)c1c(-c2ccco2)csc1NC(=O)CNC(C)c1cccs1. The number of anilines is 1. The molecule has 0 aliphatic heterocycles. The maximum absolute atomic E-state index is 12.4. The lowest BCUT2D eigenvalue weighted by atomic mass is 10.1. The monoisotopic (exact) mass is 404 g/mol. The second-order valence-corrected chi connectivity index (χ2v) is 7.58. The van der Waals surface area contributed by atoms with Gasteiger partial charge in [-0.1, -0.05) is 6.07 Å². The van der Waals surface area contributed by atoms with Crippen LogP contribution in [0.15, 0.2) is 45.7 Å². The molecule has 0 spiro atoms. The Hall–Kier alpha value is -2.42. The summed E-state index contributed by atoms with van der Waals surface area (Å²) < 4.78 is 10.6. The zero-order chi connectivity index (χ0) is 19.2. The van der Waals surface area contributed by atoms with Crippen LogP contribution in [0.1, 0.15) is 35.1 Å². The van der Waals surface area contributed by atoms with Crippen molar-refractivity contribution < 1.29 is 18.7 Å². The Morgan fingerprint density at radius 1 is 1.26 bits per heavy atom. The lowest BCUT2D eigenvalue weighted by Crippen LogP contribution is -2.30. The number of hydrogen-bond acceptors (Lipinski definition) is 7. The summed E-state index contributed by atoms with van der Waals surface area (Å²) in [6.45, 7) is 4.13. The number of esters is 1. The Balaban J connectivity index is 1.72. The number of rotatable bonds is 8. The van der Waals surface area contributed by atoms with Crippen molar-refractivity contribution in [3.63, 3.8) is 0 Å². The van der Waals surface area contributed by atoms with Gasteiger partial charge in [-0.05, 0) is 37.4 Å². The van der Waals surface area contributed by atoms with Crippen LogP contribution in [-0.4, -0.2) is 25.0 Å². The number of amides is 1. The van der Waals surface area contributed by atoms with Crippen molar-refractivity contribution in [3.05, 3.63) is 51.7 Å². The zero-order valence-electron chi connectivity index (χ0n) is 15.0. The molecule has 27 heavy (non-hydrogen) atoms. The zero-order valence-corrected chi connectivity index (χ0v) is 16.6. The average Bonchev–Trinajstić information content (AvgIpc) is 3.40. The number of thiophene rings is 2. The Labute approximate surface area is 165 Å². The maximum Gasteiger partial charge on any atom is 0.341 e. The summed E-state index contributed by atoms with van der Waals surface area (Å²) >= 11 is 2.91. The van der Waals surface area contributed by atoms with E-state index in [1.807, 2.05) is 24.4 Å². The first kappa shape index (κ1) is 19.3. The molecule has 1 amide bonds. The third-order valence-corrected chi connectivity index (χ3v) is 5.80. The van der Waals surface area contributed by atoms with E-state index in [4.69, 9.17) is 9.15 Å². The van der Waals surface area contributed by atoms with Crippen molar-refractivity contribution in [2.24, 2.45) is 0 Å². The molecule has 142 valence electrons. The molecule has 0 bridgehead atoms. The fraction of sp³-hybridized carbons (Fsp3) is 0.263. The minimum absolute atomic E-state index is 0.0716. The van der Waals surface area contributed by atoms with Crippen molar-refractivity contribution in [2.45, 2.75) is 19.9 Å². The Morgan fingerprint density at radius 2 is 2.11 bits per heavy atom. The van der Waals surface area contributed by atoms with Crippen molar-refractivity contribution in [2.75, 3.05) is 18.5 Å². The van der Waals surface area contributed by atoms with E-state index in [1.54, 1.807) is 35.8 Å². The average molecular weight is 405 g/mol. The first-order valence-corrected chi connectivity index (χ1v) is 10.2. The molecule has 1 unspecified atom stereocenters. The molecule has 0 saturated carbocycles. The standard InChI is InChI=1S/C19H20N2O4S2/c1-3-24-19(23)17-13(14-6-4-8-25-14)11-27-18(17)21-16(22)10-20-12(2)15-7-5-9-26-15/h4-9,11-12,20H,3,10H2,1-2H3,(H,21,22). The molecule has 8 heteroatoms. The van der Waals surface area contributed by atoms with Crippen LogP contribution in [0.4, 0.5) is 5.00 Å². The molecule has 2 N–H and O–H groups in total. The molecule has 0 aromatic carbocycles. The van der Waals surface area contributed by atoms with Gasteiger partial charge in [-0.3, -0.25) is 4.79 Å². The van der Waals surface area contributed by atoms with Gasteiger partial charge >= 0.3 is 5.97 Å². The lowest BCUT2D eigenvalue weighted by Gasteiger charge is -2.12. The van der Waals surface area contributed by atoms with Gasteiger partial charge in [-0.15, -0.1) is 22.7 Å². The molecule has 1 atom stereocenters. The van der Waals surface area contributed by atoms with Gasteiger partial charge in [0.25, 0.3) is 0 Å². The van der Waals surface area contributed by atoms with E-state index in [0.29, 0.717) is 21.9 Å². The Bertz CT molecular complexity index is 885. The molecule has 3 rings (SSSR count). The summed E-state index contributed by atoms with van der Waals surface area (Å²) in [7, 11) is 0. The van der Waals surface area contributed by atoms with Gasteiger partial charge in [0.1, 0.15) is 16.3 Å². The van der Waals surface area contributed by atoms with Gasteiger partial charge in [-0.2, -0.15) is 0 Å². The minimum Gasteiger partial charge on any atom is -0.464 e. The van der Waals surface area contributed by atoms with Gasteiger partial charge in [0.15, 0.2) is 0 Å². The number of hydrogen-bond donors (Lipinski definition) is 2. The number of nitrogens with one attached hydrogen (secondary N) is 2. The highest BCUT2D eigenvalue weighted by atomic mass is 32.1. The van der Waals surface area contributed by atoms with Crippen LogP contribution in [0.5, 0.6) is 0 Å². The molecule has 3 aromatic rings. The molecule has 0 aliphatic rings. The van der Waals surface area contributed by atoms with Crippen molar-refractivity contribution in [1.82, 2.24) is 5.32 Å². The van der Waals surface area contributed by atoms with Crippen molar-refractivity contribution in [3.8, 4) is 11.3 Å². The van der Waals surface area contributed by atoms with Gasteiger partial charge in [-0.25, -0.2) is 4.79 Å². The molecule has 0 saturated heterocycles. The van der Waals surface area contributed by atoms with E-state index < -0.39 is 5.97 Å². The molecule has 6 nitrogen and oxygen atoms in total. The van der Waals surface area contributed by atoms with Crippen LogP contribution < -0.4 is 10.6 Å². The van der Waals surface area contributed by atoms with Crippen molar-refractivity contribution in [1.29, 1.82) is 0 Å². The summed E-state index contributed by atoms with van der Waals surface area (Å²) in [5.41, 5.74) is 0.926. The molecule has 3 heterocycles. The highest BCUT2D eigenvalue weighted by Gasteiger charge is 2.24. The summed E-state index contributed by atoms with van der Waals surface area (Å²) in [4.78, 5) is 26.0. The maximum atomic E-state index is 12.4. The smallest absolute Gasteiger partial charge is 0.341 e. The second kappa shape index (κ2) is 8.98. The van der Waals surface area contributed by atoms with Gasteiger partial charge in [0, 0.05) is 21.9 Å². The number of carbonyl (C=O) groups excluding carboxylic acids is 2. The fourth-order valence-corrected chi connectivity index (χ4v) is 4.24. The molecular weight excluding hydrogens is 384 g/mol. The second-order valence-electron chi connectivity index (χ2n) is 5.72. The summed E-state index contributed by atoms with van der Waals surface area (Å²) in [6, 6.07) is 7.58. The van der Waals surface area contributed by atoms with Gasteiger partial charge in [0.2, 0.25) is 5.91 Å². The first-order valence-electron chi connectivity index (χ1n) is 8.49. The molecule has 3 aromatic heterocycles. The Morgan fingerprint density at radius 3 is 2.78 bits per heavy atom. The van der Waals surface area contributed by atoms with Gasteiger partial charge < -0.3 is 19.8 Å². The van der Waals surface area contributed by atoms with E-state index >= 15 is 0 Å². The van der Waals surface area contributed by atoms with E-state index in [1.165, 1.54) is 17.6 Å².